The molecule has 0 aliphatic heterocycles. The smallest absolute Gasteiger partial charge is 0.295 e. The Morgan fingerprint density at radius 1 is 0.547 bits per heavy atom. The number of hydrogen-bond acceptors (Lipinski definition) is 22. The molecule has 64 heavy (non-hydrogen) atoms. The van der Waals surface area contributed by atoms with Crippen LogP contribution in [0, 0.1) is 0 Å². The Morgan fingerprint density at radius 2 is 0.875 bits per heavy atom. The third kappa shape index (κ3) is 15.1. The van der Waals surface area contributed by atoms with Crippen LogP contribution in [0.25, 0.3) is 12.2 Å². The van der Waals surface area contributed by atoms with Gasteiger partial charge in [0.25, 0.3) is 20.2 Å². The zero-order valence-electron chi connectivity index (χ0n) is 36.1. The third-order valence-corrected chi connectivity index (χ3v) is 10.6. The molecule has 4 rings (SSSR count). The first-order valence-electron chi connectivity index (χ1n) is 19.8. The van der Waals surface area contributed by atoms with E-state index in [1.807, 2.05) is 0 Å². The molecule has 24 nitrogen and oxygen atoms in total. The zero-order chi connectivity index (χ0) is 47.5. The fourth-order valence-corrected chi connectivity index (χ4v) is 7.63. The van der Waals surface area contributed by atoms with Gasteiger partial charge in [-0.15, -0.1) is 0 Å². The average Bonchev–Trinajstić information content (AvgIpc) is 3.18. The zero-order valence-corrected chi connectivity index (χ0v) is 37.7. The van der Waals surface area contributed by atoms with Crippen molar-refractivity contribution in [2.24, 2.45) is 0 Å². The summed E-state index contributed by atoms with van der Waals surface area (Å²) < 4.78 is 71.4. The van der Waals surface area contributed by atoms with Crippen molar-refractivity contribution < 1.29 is 56.6 Å². The Labute approximate surface area is 371 Å². The minimum atomic E-state index is -4.94. The van der Waals surface area contributed by atoms with E-state index in [-0.39, 0.29) is 111 Å². The molecule has 2 aromatic heterocycles. The van der Waals surface area contributed by atoms with E-state index in [1.165, 1.54) is 69.9 Å². The van der Waals surface area contributed by atoms with Gasteiger partial charge in [-0.05, 0) is 63.1 Å². The maximum absolute atomic E-state index is 12.7. The molecule has 4 unspecified atom stereocenters. The second kappa shape index (κ2) is 22.5. The van der Waals surface area contributed by atoms with Crippen LogP contribution in [0.4, 0.5) is 47.1 Å². The van der Waals surface area contributed by atoms with Crippen LogP contribution < -0.4 is 30.2 Å². The van der Waals surface area contributed by atoms with E-state index >= 15 is 0 Å². The lowest BCUT2D eigenvalue weighted by Gasteiger charge is -2.25. The van der Waals surface area contributed by atoms with Crippen LogP contribution in [0.3, 0.4) is 0 Å². The van der Waals surface area contributed by atoms with Gasteiger partial charge in [0.2, 0.25) is 35.7 Å². The second-order valence-corrected chi connectivity index (χ2v) is 17.8. The molecule has 0 bridgehead atoms. The highest BCUT2D eigenvalue weighted by Crippen LogP contribution is 2.29. The number of likely N-dealkylation sites (N-methyl/N-ethyl adjacent to an activating group) is 2. The molecule has 0 saturated carbocycles. The molecular weight excluding hydrogens is 881 g/mol. The van der Waals surface area contributed by atoms with E-state index < -0.39 is 54.4 Å². The van der Waals surface area contributed by atoms with E-state index in [1.54, 1.807) is 27.9 Å². The molecule has 4 aromatic rings. The number of aliphatic hydroxyl groups is 6. The van der Waals surface area contributed by atoms with Crippen molar-refractivity contribution in [3.63, 3.8) is 0 Å². The Bertz CT molecular complexity index is 2280. The van der Waals surface area contributed by atoms with Crippen molar-refractivity contribution in [1.29, 1.82) is 0 Å². The van der Waals surface area contributed by atoms with Gasteiger partial charge < -0.3 is 60.9 Å². The molecule has 0 fully saturated rings. The van der Waals surface area contributed by atoms with Crippen LogP contribution in [0.5, 0.6) is 0 Å². The van der Waals surface area contributed by atoms with Crippen molar-refractivity contribution >= 4 is 79.5 Å². The molecule has 352 valence electrons. The first-order valence-corrected chi connectivity index (χ1v) is 22.7. The van der Waals surface area contributed by atoms with Crippen molar-refractivity contribution in [2.75, 3.05) is 96.8 Å². The Hall–Kier alpha value is -5.42. The topological polar surface area (TPSA) is 344 Å². The van der Waals surface area contributed by atoms with E-state index in [0.29, 0.717) is 0 Å². The predicted octanol–water partition coefficient (Wildman–Crippen LogP) is 0.201. The van der Waals surface area contributed by atoms with Crippen LogP contribution in [0.1, 0.15) is 38.8 Å². The highest BCUT2D eigenvalue weighted by molar-refractivity contribution is 7.86. The number of aliphatic hydroxyl groups excluding tert-OH is 6. The van der Waals surface area contributed by atoms with Gasteiger partial charge in [-0.2, -0.15) is 46.7 Å². The lowest BCUT2D eigenvalue weighted by Crippen LogP contribution is -2.36. The number of benzene rings is 2. The molecule has 0 aliphatic rings. The van der Waals surface area contributed by atoms with E-state index in [9.17, 15) is 56.6 Å². The highest BCUT2D eigenvalue weighted by Gasteiger charge is 2.22. The van der Waals surface area contributed by atoms with Gasteiger partial charge in [-0.25, -0.2) is 0 Å². The second-order valence-electron chi connectivity index (χ2n) is 15.1. The SMILES string of the molecule is CC(O)CN(C)c1nc(Nc2ccc(/C=C/c3ccc(Nc4nc(N(C)CC(C)O)nc(N(CCO)CC(C)O)n4)cc3S(=O)(=O)O)c(S(=O)(=O)O)c2)nc(N(CCO)CC(C)O)n1. The van der Waals surface area contributed by atoms with Crippen molar-refractivity contribution in [2.45, 2.75) is 61.9 Å². The normalized spacial score (nSPS) is 13.9. The standard InChI is InChI=1S/C38H56N12O12S2/c1-23(53)19-47(5)35-41-33(43-37(45-35)49(13-15-51)21-25(3)55)39-29-11-9-27(31(17-29)63(57,58)59)7-8-28-10-12-30(18-32(28)64(60,61)62)40-34-42-36(48(6)20-24(2)54)46-38(44-34)50(14-16-52)22-26(4)56/h7-12,17-18,23-26,51-56H,13-16,19-22H2,1-6H3,(H,57,58,59)(H,60,61,62)(H,39,41,43,45)(H,40,42,44,46)/b8-7+. The largest absolute Gasteiger partial charge is 0.395 e. The number of rotatable bonds is 24. The molecule has 4 atom stereocenters. The highest BCUT2D eigenvalue weighted by atomic mass is 32.2. The van der Waals surface area contributed by atoms with E-state index in [0.717, 1.165) is 12.1 Å². The summed E-state index contributed by atoms with van der Waals surface area (Å²) in [6.07, 6.45) is -0.810. The molecular formula is C38H56N12O12S2. The maximum Gasteiger partial charge on any atom is 0.295 e. The Kier molecular flexibility index (Phi) is 18.0. The first-order chi connectivity index (χ1) is 30.0. The monoisotopic (exact) mass is 936 g/mol. The fraction of sp³-hybridized carbons (Fsp3) is 0.474. The number of nitrogens with zero attached hydrogens (tertiary/aromatic N) is 10. The minimum Gasteiger partial charge on any atom is -0.395 e. The number of hydrogen-bond donors (Lipinski definition) is 10. The molecule has 0 saturated heterocycles. The molecule has 0 amide bonds. The summed E-state index contributed by atoms with van der Waals surface area (Å²) in [4.78, 5) is 31.3. The van der Waals surface area contributed by atoms with Gasteiger partial charge in [0.15, 0.2) is 0 Å². The van der Waals surface area contributed by atoms with Crippen LogP contribution in [-0.4, -0.2) is 177 Å². The van der Waals surface area contributed by atoms with Crippen molar-refractivity contribution in [1.82, 2.24) is 29.9 Å². The summed E-state index contributed by atoms with van der Waals surface area (Å²) in [5, 5.41) is 65.2. The van der Waals surface area contributed by atoms with Crippen LogP contribution >= 0.6 is 0 Å². The summed E-state index contributed by atoms with van der Waals surface area (Å²) in [6, 6.07) is 7.62. The predicted molar refractivity (Wildman–Crippen MR) is 240 cm³/mol. The van der Waals surface area contributed by atoms with E-state index in [2.05, 4.69) is 40.5 Å². The molecule has 0 spiro atoms. The maximum atomic E-state index is 12.7. The van der Waals surface area contributed by atoms with E-state index in [4.69, 9.17) is 0 Å². The average molecular weight is 937 g/mol. The van der Waals surface area contributed by atoms with Gasteiger partial charge in [0, 0.05) is 64.7 Å². The summed E-state index contributed by atoms with van der Waals surface area (Å²) in [7, 11) is -6.64. The number of anilines is 8. The number of nitrogens with one attached hydrogen (secondary N) is 2. The number of aromatic nitrogens is 6. The van der Waals surface area contributed by atoms with Crippen LogP contribution in [0.2, 0.25) is 0 Å². The van der Waals surface area contributed by atoms with Crippen molar-refractivity contribution in [3.8, 4) is 0 Å². The van der Waals surface area contributed by atoms with Gasteiger partial charge >= 0.3 is 0 Å². The van der Waals surface area contributed by atoms with Crippen LogP contribution in [-0.2, 0) is 20.2 Å². The van der Waals surface area contributed by atoms with Gasteiger partial charge in [0.1, 0.15) is 9.79 Å². The first kappa shape index (κ1) is 51.2. The quantitative estimate of drug-likeness (QED) is 0.0331. The van der Waals surface area contributed by atoms with Crippen molar-refractivity contribution in [3.05, 3.63) is 47.5 Å². The summed E-state index contributed by atoms with van der Waals surface area (Å²) in [6.45, 7) is 6.00. The van der Waals surface area contributed by atoms with Gasteiger partial charge in [0.05, 0.1) is 37.6 Å². The lowest BCUT2D eigenvalue weighted by atomic mass is 10.1. The Balaban J connectivity index is 1.73. The molecule has 10 N–H and O–H groups in total. The molecule has 0 radical (unpaired) electrons. The molecule has 26 heteroatoms. The molecule has 2 heterocycles. The minimum absolute atomic E-state index is 0.0385. The molecule has 0 aliphatic carbocycles. The Morgan fingerprint density at radius 3 is 1.17 bits per heavy atom. The summed E-state index contributed by atoms with van der Waals surface area (Å²) in [5.41, 5.74) is -0.0206. The fourth-order valence-electron chi connectivity index (χ4n) is 6.21. The lowest BCUT2D eigenvalue weighted by molar-refractivity contribution is 0.195. The summed E-state index contributed by atoms with van der Waals surface area (Å²) in [5.74, 6) is 0.0822. The van der Waals surface area contributed by atoms with Gasteiger partial charge in [-0.3, -0.25) is 9.11 Å². The third-order valence-electron chi connectivity index (χ3n) is 8.80. The summed E-state index contributed by atoms with van der Waals surface area (Å²) >= 11 is 0. The molecule has 2 aromatic carbocycles. The van der Waals surface area contributed by atoms with Gasteiger partial charge in [-0.1, -0.05) is 24.3 Å². The van der Waals surface area contributed by atoms with Crippen LogP contribution in [0.15, 0.2) is 46.2 Å².